The topological polar surface area (TPSA) is 75.5 Å². The van der Waals surface area contributed by atoms with E-state index in [1.807, 2.05) is 42.5 Å². The van der Waals surface area contributed by atoms with Gasteiger partial charge in [-0.1, -0.05) is 48.0 Å². The highest BCUT2D eigenvalue weighted by Crippen LogP contribution is 2.62. The van der Waals surface area contributed by atoms with Gasteiger partial charge >= 0.3 is 0 Å². The van der Waals surface area contributed by atoms with Gasteiger partial charge in [-0.15, -0.1) is 0 Å². The Morgan fingerprint density at radius 2 is 1.73 bits per heavy atom. The zero-order valence-corrected chi connectivity index (χ0v) is 20.4. The maximum absolute atomic E-state index is 14.4. The van der Waals surface area contributed by atoms with Crippen molar-refractivity contribution in [2.45, 2.75) is 24.4 Å². The molecule has 3 aromatic carbocycles. The van der Waals surface area contributed by atoms with Crippen LogP contribution in [0.1, 0.15) is 24.2 Å². The molecule has 1 spiro atoms. The monoisotopic (exact) mass is 508 g/mol. The van der Waals surface area contributed by atoms with Gasteiger partial charge in [0.25, 0.3) is 5.56 Å². The molecule has 1 aromatic heterocycles. The largest absolute Gasteiger partial charge is 0.283 e. The van der Waals surface area contributed by atoms with E-state index in [2.05, 4.69) is 4.90 Å². The van der Waals surface area contributed by atoms with E-state index in [4.69, 9.17) is 16.6 Å². The van der Waals surface area contributed by atoms with Gasteiger partial charge in [0.15, 0.2) is 0 Å². The van der Waals surface area contributed by atoms with E-state index in [1.54, 1.807) is 34.9 Å². The number of benzene rings is 3. The standard InChI is InChI=1S/C29H21ClN4O3/c30-16-7-5-8-17(15-16)33-26(36)23-22-13-6-14-32(22)29(24(23)27(33)37)19-10-2-4-12-21(19)34-25(35)18-9-1-3-11-20(18)31-28(29)34/h1-5,7-12,15,22-24H,6,13-14H2/t22-,23+,24-,29+/m1/s1. The fourth-order valence-corrected chi connectivity index (χ4v) is 7.67. The third kappa shape index (κ3) is 2.42. The lowest BCUT2D eigenvalue weighted by Crippen LogP contribution is -2.51. The van der Waals surface area contributed by atoms with Crippen LogP contribution in [0.15, 0.2) is 77.6 Å². The van der Waals surface area contributed by atoms with Crippen LogP contribution in [0.25, 0.3) is 16.6 Å². The number of carbonyl (C=O) groups is 2. The van der Waals surface area contributed by atoms with Gasteiger partial charge in [-0.2, -0.15) is 0 Å². The Morgan fingerprint density at radius 3 is 2.59 bits per heavy atom. The predicted octanol–water partition coefficient (Wildman–Crippen LogP) is 3.88. The minimum absolute atomic E-state index is 0.117. The van der Waals surface area contributed by atoms with Crippen LogP contribution in [-0.4, -0.2) is 38.9 Å². The van der Waals surface area contributed by atoms with Crippen molar-refractivity contribution in [1.82, 2.24) is 14.5 Å². The maximum Gasteiger partial charge on any atom is 0.266 e. The number of fused-ring (bicyclic) bond motifs is 11. The molecule has 0 saturated carbocycles. The molecule has 4 aliphatic heterocycles. The molecular formula is C29H21ClN4O3. The molecule has 4 atom stereocenters. The summed E-state index contributed by atoms with van der Waals surface area (Å²) in [6, 6.07) is 21.8. The second kappa shape index (κ2) is 7.15. The van der Waals surface area contributed by atoms with Crippen LogP contribution in [0, 0.1) is 11.8 Å². The van der Waals surface area contributed by atoms with Crippen molar-refractivity contribution >= 4 is 40.0 Å². The fourth-order valence-electron chi connectivity index (χ4n) is 7.48. The van der Waals surface area contributed by atoms with Crippen molar-refractivity contribution in [3.63, 3.8) is 0 Å². The van der Waals surface area contributed by atoms with Crippen LogP contribution >= 0.6 is 11.6 Å². The number of para-hydroxylation sites is 2. The molecule has 182 valence electrons. The first-order valence-electron chi connectivity index (χ1n) is 12.6. The molecule has 0 unspecified atom stereocenters. The minimum Gasteiger partial charge on any atom is -0.283 e. The first-order valence-corrected chi connectivity index (χ1v) is 12.9. The lowest BCUT2D eigenvalue weighted by Gasteiger charge is -2.38. The third-order valence-corrected chi connectivity index (χ3v) is 8.94. The van der Waals surface area contributed by atoms with E-state index in [-0.39, 0.29) is 23.4 Å². The average molecular weight is 509 g/mol. The number of rotatable bonds is 1. The Morgan fingerprint density at radius 1 is 0.919 bits per heavy atom. The van der Waals surface area contributed by atoms with Crippen molar-refractivity contribution in [3.05, 3.63) is 99.6 Å². The molecule has 0 N–H and O–H groups in total. The molecule has 4 aliphatic rings. The summed E-state index contributed by atoms with van der Waals surface area (Å²) in [7, 11) is 0. The van der Waals surface area contributed by atoms with Gasteiger partial charge in [0.2, 0.25) is 11.8 Å². The van der Waals surface area contributed by atoms with Crippen LogP contribution in [-0.2, 0) is 15.1 Å². The van der Waals surface area contributed by atoms with Crippen molar-refractivity contribution in [2.75, 3.05) is 11.4 Å². The molecule has 2 amide bonds. The van der Waals surface area contributed by atoms with Crippen LogP contribution < -0.4 is 10.5 Å². The molecule has 37 heavy (non-hydrogen) atoms. The molecular weight excluding hydrogens is 488 g/mol. The molecule has 0 aliphatic carbocycles. The van der Waals surface area contributed by atoms with E-state index in [0.29, 0.717) is 27.4 Å². The smallest absolute Gasteiger partial charge is 0.266 e. The Kier molecular flexibility index (Phi) is 4.11. The number of amides is 2. The Balaban J connectivity index is 1.46. The van der Waals surface area contributed by atoms with Crippen LogP contribution in [0.4, 0.5) is 5.69 Å². The number of aromatic nitrogens is 2. The second-order valence-electron chi connectivity index (χ2n) is 10.3. The van der Waals surface area contributed by atoms with E-state index in [9.17, 15) is 14.4 Å². The van der Waals surface area contributed by atoms with Crippen LogP contribution in [0.3, 0.4) is 0 Å². The van der Waals surface area contributed by atoms with Crippen molar-refractivity contribution in [1.29, 1.82) is 0 Å². The van der Waals surface area contributed by atoms with E-state index < -0.39 is 17.4 Å². The molecule has 3 fully saturated rings. The normalized spacial score (nSPS) is 27.7. The zero-order chi connectivity index (χ0) is 25.1. The highest BCUT2D eigenvalue weighted by molar-refractivity contribution is 6.31. The number of anilines is 1. The summed E-state index contributed by atoms with van der Waals surface area (Å²) in [5.74, 6) is -1.17. The number of carbonyl (C=O) groups excluding carboxylic acids is 2. The Labute approximate surface area is 216 Å². The minimum atomic E-state index is -1.01. The number of hydrogen-bond donors (Lipinski definition) is 0. The number of nitrogens with zero attached hydrogens (tertiary/aromatic N) is 4. The third-order valence-electron chi connectivity index (χ3n) is 8.71. The van der Waals surface area contributed by atoms with Crippen LogP contribution in [0.2, 0.25) is 5.02 Å². The summed E-state index contributed by atoms with van der Waals surface area (Å²) in [6.07, 6.45) is 1.72. The van der Waals surface area contributed by atoms with Gasteiger partial charge in [0.05, 0.1) is 34.1 Å². The highest BCUT2D eigenvalue weighted by atomic mass is 35.5. The summed E-state index contributed by atoms with van der Waals surface area (Å²) < 4.78 is 1.68. The molecule has 4 aromatic rings. The Bertz CT molecular complexity index is 1750. The molecule has 7 nitrogen and oxygen atoms in total. The quantitative estimate of drug-likeness (QED) is 0.365. The Hall–Kier alpha value is -3.81. The van der Waals surface area contributed by atoms with E-state index >= 15 is 0 Å². The van der Waals surface area contributed by atoms with Gasteiger partial charge in [0, 0.05) is 16.6 Å². The number of halogens is 1. The van der Waals surface area contributed by atoms with E-state index in [0.717, 1.165) is 30.6 Å². The van der Waals surface area contributed by atoms with Crippen molar-refractivity contribution in [2.24, 2.45) is 11.8 Å². The lowest BCUT2D eigenvalue weighted by molar-refractivity contribution is -0.124. The summed E-state index contributed by atoms with van der Waals surface area (Å²) in [5, 5.41) is 0.989. The number of imide groups is 1. The molecule has 8 heteroatoms. The second-order valence-corrected chi connectivity index (χ2v) is 10.7. The zero-order valence-electron chi connectivity index (χ0n) is 19.7. The first-order chi connectivity index (χ1) is 18.0. The summed E-state index contributed by atoms with van der Waals surface area (Å²) >= 11 is 6.25. The molecule has 0 bridgehead atoms. The molecule has 3 saturated heterocycles. The van der Waals surface area contributed by atoms with Gasteiger partial charge in [-0.25, -0.2) is 9.88 Å². The number of hydrogen-bond acceptors (Lipinski definition) is 5. The predicted molar refractivity (Wildman–Crippen MR) is 139 cm³/mol. The SMILES string of the molecule is O=C1[C@H]2[C@H]3CCCN3[C@@]3(c4ccccc4-n4c3nc3ccccc3c4=O)[C@H]2C(=O)N1c1cccc(Cl)c1. The average Bonchev–Trinajstić information content (AvgIpc) is 3.61. The molecule has 8 rings (SSSR count). The molecule has 5 heterocycles. The maximum atomic E-state index is 14.4. The van der Waals surface area contributed by atoms with Crippen molar-refractivity contribution < 1.29 is 9.59 Å². The highest BCUT2D eigenvalue weighted by Gasteiger charge is 2.73. The molecule has 0 radical (unpaired) electrons. The van der Waals surface area contributed by atoms with Crippen LogP contribution in [0.5, 0.6) is 0 Å². The fraction of sp³-hybridized carbons (Fsp3) is 0.241. The first kappa shape index (κ1) is 21.3. The summed E-state index contributed by atoms with van der Waals surface area (Å²) in [6.45, 7) is 0.729. The van der Waals surface area contributed by atoms with Gasteiger partial charge in [-0.05, 0) is 55.8 Å². The van der Waals surface area contributed by atoms with Gasteiger partial charge in [-0.3, -0.25) is 23.9 Å². The van der Waals surface area contributed by atoms with Gasteiger partial charge in [0.1, 0.15) is 11.4 Å². The summed E-state index contributed by atoms with van der Waals surface area (Å²) in [5.41, 5.74) is 1.50. The van der Waals surface area contributed by atoms with E-state index in [1.165, 1.54) is 4.90 Å². The van der Waals surface area contributed by atoms with Gasteiger partial charge < -0.3 is 0 Å². The lowest BCUT2D eigenvalue weighted by atomic mass is 9.75. The van der Waals surface area contributed by atoms with Crippen molar-refractivity contribution in [3.8, 4) is 5.69 Å². The summed E-state index contributed by atoms with van der Waals surface area (Å²) in [4.78, 5) is 51.0.